The van der Waals surface area contributed by atoms with E-state index in [0.29, 0.717) is 10.8 Å². The third-order valence-electron chi connectivity index (χ3n) is 4.45. The van der Waals surface area contributed by atoms with Crippen molar-refractivity contribution in [3.05, 3.63) is 58.7 Å². The van der Waals surface area contributed by atoms with E-state index in [2.05, 4.69) is 91.8 Å². The summed E-state index contributed by atoms with van der Waals surface area (Å²) < 4.78 is 0. The summed E-state index contributed by atoms with van der Waals surface area (Å²) in [5, 5.41) is 0. The Hall–Kier alpha value is -0.534. The van der Waals surface area contributed by atoms with Crippen molar-refractivity contribution in [2.75, 3.05) is 0 Å². The molecule has 0 aliphatic heterocycles. The van der Waals surface area contributed by atoms with Gasteiger partial charge in [0.05, 0.1) is 0 Å². The van der Waals surface area contributed by atoms with Crippen LogP contribution in [0.5, 0.6) is 0 Å². The Balaban J connectivity index is 0.000000443. The molecule has 0 saturated heterocycles. The van der Waals surface area contributed by atoms with Crippen molar-refractivity contribution in [3.63, 3.8) is 0 Å². The smallest absolute Gasteiger partial charge is 0.210 e. The van der Waals surface area contributed by atoms with Gasteiger partial charge in [-0.25, -0.2) is 12.1 Å². The van der Waals surface area contributed by atoms with E-state index in [9.17, 15) is 0 Å². The van der Waals surface area contributed by atoms with E-state index in [1.165, 1.54) is 47.9 Å². The molecule has 2 aromatic rings. The number of rotatable bonds is 4. The molecular formula is C24H38Mg. The Bertz CT molecular complexity index is 530. The van der Waals surface area contributed by atoms with Crippen LogP contribution in [0.1, 0.15) is 90.5 Å². The molecule has 0 nitrogen and oxygen atoms in total. The van der Waals surface area contributed by atoms with Crippen LogP contribution in [0, 0.1) is 0 Å². The third-order valence-corrected chi connectivity index (χ3v) is 4.45. The van der Waals surface area contributed by atoms with Crippen molar-refractivity contribution in [2.45, 2.75) is 91.9 Å². The standard InChI is InChI=1S/2C12H19.Mg/c2*1-5-6-10-7-8-11(9-10)12(2,3)4;/h2*7-9H,5-6H2,1-4H3;/q2*-1;+2. The monoisotopic (exact) mass is 350 g/mol. The molecule has 0 aromatic heterocycles. The molecule has 136 valence electrons. The maximum atomic E-state index is 2.34. The van der Waals surface area contributed by atoms with E-state index in [4.69, 9.17) is 0 Å². The van der Waals surface area contributed by atoms with Gasteiger partial charge in [-0.05, 0) is 0 Å². The topological polar surface area (TPSA) is 0 Å². The van der Waals surface area contributed by atoms with Gasteiger partial charge in [0.1, 0.15) is 0 Å². The summed E-state index contributed by atoms with van der Waals surface area (Å²) in [7, 11) is 0. The molecular weight excluding hydrogens is 313 g/mol. The first-order valence-corrected chi connectivity index (χ1v) is 9.60. The first-order valence-electron chi connectivity index (χ1n) is 9.60. The molecule has 0 aliphatic carbocycles. The van der Waals surface area contributed by atoms with Gasteiger partial charge in [-0.2, -0.15) is 46.5 Å². The van der Waals surface area contributed by atoms with Crippen molar-refractivity contribution in [2.24, 2.45) is 0 Å². The summed E-state index contributed by atoms with van der Waals surface area (Å²) in [6.07, 6.45) is 4.92. The minimum atomic E-state index is 0. The van der Waals surface area contributed by atoms with E-state index in [-0.39, 0.29) is 23.1 Å². The second-order valence-corrected chi connectivity index (χ2v) is 9.02. The Morgan fingerprint density at radius 3 is 1.20 bits per heavy atom. The van der Waals surface area contributed by atoms with Crippen LogP contribution in [0.15, 0.2) is 36.4 Å². The van der Waals surface area contributed by atoms with Crippen LogP contribution in [-0.4, -0.2) is 23.1 Å². The minimum Gasteiger partial charge on any atom is -0.210 e. The maximum Gasteiger partial charge on any atom is 2.00 e. The zero-order chi connectivity index (χ0) is 18.4. The Labute approximate surface area is 173 Å². The summed E-state index contributed by atoms with van der Waals surface area (Å²) in [5.41, 5.74) is 6.53. The van der Waals surface area contributed by atoms with E-state index < -0.39 is 0 Å². The Morgan fingerprint density at radius 1 is 0.680 bits per heavy atom. The minimum absolute atomic E-state index is 0. The summed E-state index contributed by atoms with van der Waals surface area (Å²) in [6, 6.07) is 13.7. The summed E-state index contributed by atoms with van der Waals surface area (Å²) >= 11 is 0. The van der Waals surface area contributed by atoms with Gasteiger partial charge in [0.2, 0.25) is 0 Å². The molecule has 2 rings (SSSR count). The fraction of sp³-hybridized carbons (Fsp3) is 0.583. The van der Waals surface area contributed by atoms with Crippen LogP contribution < -0.4 is 0 Å². The molecule has 0 fully saturated rings. The molecule has 0 amide bonds. The first kappa shape index (κ1) is 24.5. The van der Waals surface area contributed by atoms with Crippen molar-refractivity contribution in [1.82, 2.24) is 0 Å². The third kappa shape index (κ3) is 8.60. The van der Waals surface area contributed by atoms with Gasteiger partial charge in [-0.15, -0.1) is 0 Å². The fourth-order valence-corrected chi connectivity index (χ4v) is 2.81. The largest absolute Gasteiger partial charge is 2.00 e. The Morgan fingerprint density at radius 2 is 1.00 bits per heavy atom. The van der Waals surface area contributed by atoms with Crippen molar-refractivity contribution in [1.29, 1.82) is 0 Å². The molecule has 0 atom stereocenters. The number of aryl methyl sites for hydroxylation is 2. The molecule has 0 spiro atoms. The second kappa shape index (κ2) is 10.6. The molecule has 0 aliphatic rings. The van der Waals surface area contributed by atoms with Gasteiger partial charge in [0.25, 0.3) is 0 Å². The van der Waals surface area contributed by atoms with Crippen LogP contribution in [0.2, 0.25) is 0 Å². The first-order chi connectivity index (χ1) is 11.1. The SMILES string of the molecule is CCC[c-]1ccc(C(C)(C)C)c1.CCC[c-]1ccc(C(C)(C)C)c1.[Mg+2]. The van der Waals surface area contributed by atoms with Crippen molar-refractivity contribution < 1.29 is 0 Å². The van der Waals surface area contributed by atoms with Crippen LogP contribution in [0.4, 0.5) is 0 Å². The molecule has 2 aromatic carbocycles. The van der Waals surface area contributed by atoms with Gasteiger partial charge in [0, 0.05) is 0 Å². The van der Waals surface area contributed by atoms with E-state index >= 15 is 0 Å². The molecule has 25 heavy (non-hydrogen) atoms. The molecule has 0 heterocycles. The van der Waals surface area contributed by atoms with Gasteiger partial charge in [0.15, 0.2) is 0 Å². The van der Waals surface area contributed by atoms with Crippen LogP contribution >= 0.6 is 0 Å². The molecule has 0 N–H and O–H groups in total. The quantitative estimate of drug-likeness (QED) is 0.414. The van der Waals surface area contributed by atoms with Gasteiger partial charge in [-0.3, -0.25) is 0 Å². The second-order valence-electron chi connectivity index (χ2n) is 9.02. The van der Waals surface area contributed by atoms with Crippen LogP contribution in [0.3, 0.4) is 0 Å². The van der Waals surface area contributed by atoms with Crippen LogP contribution in [0.25, 0.3) is 0 Å². The summed E-state index contributed by atoms with van der Waals surface area (Å²) in [5.74, 6) is 0. The molecule has 0 unspecified atom stereocenters. The van der Waals surface area contributed by atoms with Gasteiger partial charge in [-0.1, -0.05) is 91.9 Å². The summed E-state index contributed by atoms with van der Waals surface area (Å²) in [6.45, 7) is 18.0. The predicted octanol–water partition coefficient (Wildman–Crippen LogP) is 6.93. The zero-order valence-electron chi connectivity index (χ0n) is 18.0. The summed E-state index contributed by atoms with van der Waals surface area (Å²) in [4.78, 5) is 0. The zero-order valence-corrected chi connectivity index (χ0v) is 19.4. The van der Waals surface area contributed by atoms with Gasteiger partial charge < -0.3 is 0 Å². The van der Waals surface area contributed by atoms with E-state index in [1.807, 2.05) is 0 Å². The molecule has 1 heteroatoms. The van der Waals surface area contributed by atoms with E-state index in [0.717, 1.165) is 0 Å². The predicted molar refractivity (Wildman–Crippen MR) is 115 cm³/mol. The molecule has 0 bridgehead atoms. The van der Waals surface area contributed by atoms with Crippen LogP contribution in [-0.2, 0) is 23.7 Å². The average molecular weight is 351 g/mol. The average Bonchev–Trinajstić information content (AvgIpc) is 3.08. The van der Waals surface area contributed by atoms with E-state index in [1.54, 1.807) is 0 Å². The molecule has 0 radical (unpaired) electrons. The maximum absolute atomic E-state index is 2.34. The Kier molecular flexibility index (Phi) is 10.3. The normalized spacial score (nSPS) is 11.5. The number of hydrogen-bond donors (Lipinski definition) is 0. The van der Waals surface area contributed by atoms with Gasteiger partial charge >= 0.3 is 23.1 Å². The number of hydrogen-bond acceptors (Lipinski definition) is 0. The fourth-order valence-electron chi connectivity index (χ4n) is 2.81. The van der Waals surface area contributed by atoms with Crippen molar-refractivity contribution in [3.8, 4) is 0 Å². The van der Waals surface area contributed by atoms with Crippen molar-refractivity contribution >= 4 is 23.1 Å². The molecule has 0 saturated carbocycles.